The van der Waals surface area contributed by atoms with Crippen molar-refractivity contribution in [1.82, 2.24) is 35.6 Å². The third-order valence-corrected chi connectivity index (χ3v) is 6.68. The summed E-state index contributed by atoms with van der Waals surface area (Å²) in [6.45, 7) is 8.00. The molecule has 3 N–H and O–H groups in total. The molecular weight excluding hydrogens is 552 g/mol. The van der Waals surface area contributed by atoms with E-state index >= 15 is 0 Å². The molecule has 2 aromatic carbocycles. The van der Waals surface area contributed by atoms with Crippen LogP contribution in [0.2, 0.25) is 5.02 Å². The van der Waals surface area contributed by atoms with E-state index in [0.29, 0.717) is 27.9 Å². The van der Waals surface area contributed by atoms with Gasteiger partial charge in [-0.2, -0.15) is 5.10 Å². The van der Waals surface area contributed by atoms with E-state index in [-0.39, 0.29) is 11.1 Å². The van der Waals surface area contributed by atoms with Gasteiger partial charge in [0.2, 0.25) is 5.95 Å². The number of hydrogen-bond acceptors (Lipinski definition) is 7. The molecule has 0 atom stereocenters. The quantitative estimate of drug-likeness (QED) is 0.217. The summed E-state index contributed by atoms with van der Waals surface area (Å²) in [6.07, 6.45) is 5.07. The number of rotatable bonds is 6. The zero-order valence-electron chi connectivity index (χ0n) is 23.5. The molecule has 42 heavy (non-hydrogen) atoms. The number of nitrogens with one attached hydrogen (secondary N) is 3. The van der Waals surface area contributed by atoms with E-state index in [4.69, 9.17) is 11.6 Å². The molecule has 0 saturated heterocycles. The van der Waals surface area contributed by atoms with Gasteiger partial charge < -0.3 is 5.32 Å². The Bertz CT molecular complexity index is 1750. The van der Waals surface area contributed by atoms with Gasteiger partial charge in [-0.25, -0.2) is 14.6 Å². The number of amides is 2. The number of anilines is 2. The Balaban J connectivity index is 1.30. The molecule has 0 aliphatic carbocycles. The fourth-order valence-electron chi connectivity index (χ4n) is 4.17. The lowest BCUT2D eigenvalue weighted by Crippen LogP contribution is -2.41. The second kappa shape index (κ2) is 11.8. The molecule has 0 fully saturated rings. The molecule has 0 radical (unpaired) electrons. The van der Waals surface area contributed by atoms with Crippen LogP contribution >= 0.6 is 11.6 Å². The minimum absolute atomic E-state index is 0.159. The maximum atomic E-state index is 13.0. The molecule has 0 spiro atoms. The third-order valence-electron chi connectivity index (χ3n) is 6.43. The number of nitrogens with zero attached hydrogens (tertiary/aromatic N) is 5. The highest BCUT2D eigenvalue weighted by Crippen LogP contribution is 2.27. The molecule has 0 aliphatic rings. The number of carbonyl (C=O) groups excluding carboxylic acids is 2. The van der Waals surface area contributed by atoms with Gasteiger partial charge in [-0.15, -0.1) is 0 Å². The molecule has 5 aromatic rings. The molecule has 0 unspecified atom stereocenters. The summed E-state index contributed by atoms with van der Waals surface area (Å²) in [5, 5.41) is 8.29. The van der Waals surface area contributed by atoms with E-state index in [9.17, 15) is 9.59 Å². The van der Waals surface area contributed by atoms with E-state index in [1.54, 1.807) is 65.7 Å². The van der Waals surface area contributed by atoms with Crippen molar-refractivity contribution in [3.05, 3.63) is 113 Å². The molecule has 10 nitrogen and oxygen atoms in total. The highest BCUT2D eigenvalue weighted by atomic mass is 35.5. The third kappa shape index (κ3) is 6.45. The highest BCUT2D eigenvalue weighted by molar-refractivity contribution is 6.30. The number of hydrogen-bond donors (Lipinski definition) is 3. The molecule has 0 aliphatic heterocycles. The van der Waals surface area contributed by atoms with Gasteiger partial charge in [0, 0.05) is 45.8 Å². The van der Waals surface area contributed by atoms with Gasteiger partial charge in [-0.3, -0.25) is 25.4 Å². The van der Waals surface area contributed by atoms with Crippen molar-refractivity contribution < 1.29 is 9.59 Å². The standard InChI is InChI=1S/C31H29ClN8O2/c1-19-7-8-20(16-25(19)36-30-34-15-13-24(35-30)21-6-5-14-33-18-21)28(41)37-38-29(42)26-17-27(31(2,3)4)40(39-26)23-11-9-22(32)10-12-23/h5-18H,1-4H3,(H,37,41)(H,38,42)(H,34,35,36). The average molecular weight is 581 g/mol. The number of carbonyl (C=O) groups is 2. The first-order valence-corrected chi connectivity index (χ1v) is 13.5. The molecule has 11 heteroatoms. The van der Waals surface area contributed by atoms with Crippen LogP contribution < -0.4 is 16.2 Å². The average Bonchev–Trinajstić information content (AvgIpc) is 3.45. The van der Waals surface area contributed by atoms with Gasteiger partial charge in [0.15, 0.2) is 5.69 Å². The lowest BCUT2D eigenvalue weighted by molar-refractivity contribution is 0.0843. The molecule has 0 bridgehead atoms. The van der Waals surface area contributed by atoms with Crippen LogP contribution in [0.5, 0.6) is 0 Å². The van der Waals surface area contributed by atoms with Crippen LogP contribution in [-0.4, -0.2) is 36.5 Å². The number of halogens is 1. The predicted molar refractivity (Wildman–Crippen MR) is 162 cm³/mol. The number of benzene rings is 2. The minimum atomic E-state index is -0.548. The zero-order valence-corrected chi connectivity index (χ0v) is 24.3. The Morgan fingerprint density at radius 1 is 0.905 bits per heavy atom. The van der Waals surface area contributed by atoms with Crippen molar-refractivity contribution in [3.8, 4) is 16.9 Å². The van der Waals surface area contributed by atoms with Crippen LogP contribution in [0.15, 0.2) is 85.3 Å². The number of pyridine rings is 1. The van der Waals surface area contributed by atoms with E-state index in [2.05, 4.69) is 36.2 Å². The molecule has 3 aromatic heterocycles. The highest BCUT2D eigenvalue weighted by Gasteiger charge is 2.24. The van der Waals surface area contributed by atoms with Crippen molar-refractivity contribution in [3.63, 3.8) is 0 Å². The maximum absolute atomic E-state index is 13.0. The summed E-state index contributed by atoms with van der Waals surface area (Å²) in [5.41, 5.74) is 9.83. The lowest BCUT2D eigenvalue weighted by Gasteiger charge is -2.20. The van der Waals surface area contributed by atoms with E-state index in [1.807, 2.05) is 52.0 Å². The summed E-state index contributed by atoms with van der Waals surface area (Å²) in [7, 11) is 0. The van der Waals surface area contributed by atoms with Crippen molar-refractivity contribution in [2.75, 3.05) is 5.32 Å². The number of aromatic nitrogens is 5. The zero-order chi connectivity index (χ0) is 29.9. The van der Waals surface area contributed by atoms with Crippen LogP contribution in [0.25, 0.3) is 16.9 Å². The Labute approximate surface area is 248 Å². The smallest absolute Gasteiger partial charge is 0.290 e. The van der Waals surface area contributed by atoms with Gasteiger partial charge in [-0.1, -0.05) is 38.4 Å². The molecular formula is C31H29ClN8O2. The molecule has 212 valence electrons. The first kappa shape index (κ1) is 28.4. The molecule has 5 rings (SSSR count). The minimum Gasteiger partial charge on any atom is -0.324 e. The monoisotopic (exact) mass is 580 g/mol. The maximum Gasteiger partial charge on any atom is 0.290 e. The summed E-state index contributed by atoms with van der Waals surface area (Å²) in [4.78, 5) is 39.0. The van der Waals surface area contributed by atoms with Crippen LogP contribution in [0.4, 0.5) is 11.6 Å². The van der Waals surface area contributed by atoms with Crippen molar-refractivity contribution in [2.24, 2.45) is 0 Å². The Hall–Kier alpha value is -5.09. The SMILES string of the molecule is Cc1ccc(C(=O)NNC(=O)c2cc(C(C)(C)C)n(-c3ccc(Cl)cc3)n2)cc1Nc1nccc(-c2cccnc2)n1. The van der Waals surface area contributed by atoms with Crippen molar-refractivity contribution >= 4 is 35.1 Å². The largest absolute Gasteiger partial charge is 0.324 e. The normalized spacial score (nSPS) is 11.2. The second-order valence-corrected chi connectivity index (χ2v) is 11.1. The molecule has 3 heterocycles. The van der Waals surface area contributed by atoms with Crippen LogP contribution in [0.3, 0.4) is 0 Å². The fourth-order valence-corrected chi connectivity index (χ4v) is 4.29. The van der Waals surface area contributed by atoms with Gasteiger partial charge in [-0.05, 0) is 73.2 Å². The fraction of sp³-hybridized carbons (Fsp3) is 0.161. The summed E-state index contributed by atoms with van der Waals surface area (Å²) in [6, 6.07) is 19.6. The number of aryl methyl sites for hydroxylation is 1. The Morgan fingerprint density at radius 2 is 1.67 bits per heavy atom. The summed E-state index contributed by atoms with van der Waals surface area (Å²) in [5.74, 6) is -0.673. The molecule has 0 saturated carbocycles. The van der Waals surface area contributed by atoms with Gasteiger partial charge in [0.25, 0.3) is 11.8 Å². The van der Waals surface area contributed by atoms with Crippen molar-refractivity contribution in [1.29, 1.82) is 0 Å². The van der Waals surface area contributed by atoms with E-state index in [0.717, 1.165) is 22.5 Å². The second-order valence-electron chi connectivity index (χ2n) is 10.6. The Kier molecular flexibility index (Phi) is 7.99. The van der Waals surface area contributed by atoms with Gasteiger partial charge >= 0.3 is 0 Å². The van der Waals surface area contributed by atoms with Gasteiger partial charge in [0.05, 0.1) is 17.1 Å². The Morgan fingerprint density at radius 3 is 2.38 bits per heavy atom. The van der Waals surface area contributed by atoms with Crippen LogP contribution in [-0.2, 0) is 5.41 Å². The van der Waals surface area contributed by atoms with E-state index < -0.39 is 11.8 Å². The van der Waals surface area contributed by atoms with Crippen molar-refractivity contribution in [2.45, 2.75) is 33.1 Å². The predicted octanol–water partition coefficient (Wildman–Crippen LogP) is 5.80. The summed E-state index contributed by atoms with van der Waals surface area (Å²) >= 11 is 6.05. The first-order chi connectivity index (χ1) is 20.1. The molecule has 2 amide bonds. The van der Waals surface area contributed by atoms with E-state index in [1.165, 1.54) is 0 Å². The van der Waals surface area contributed by atoms with Crippen LogP contribution in [0, 0.1) is 6.92 Å². The van der Waals surface area contributed by atoms with Gasteiger partial charge in [0.1, 0.15) is 0 Å². The summed E-state index contributed by atoms with van der Waals surface area (Å²) < 4.78 is 1.70. The topological polar surface area (TPSA) is 127 Å². The number of hydrazine groups is 1. The first-order valence-electron chi connectivity index (χ1n) is 13.2. The van der Waals surface area contributed by atoms with Crippen LogP contribution in [0.1, 0.15) is 52.9 Å². The lowest BCUT2D eigenvalue weighted by atomic mass is 9.91.